The number of carbonyl (C=O) groups is 1. The topological polar surface area (TPSA) is 63.3 Å². The maximum absolute atomic E-state index is 12.1. The number of Topliss-reactive ketones (excluding diaryl/α,β-unsaturated/α-hetero) is 1. The summed E-state index contributed by atoms with van der Waals surface area (Å²) in [7, 11) is 0. The molecule has 0 aromatic heterocycles. The van der Waals surface area contributed by atoms with Crippen LogP contribution in [0.5, 0.6) is 0 Å². The minimum Gasteiger partial charge on any atom is -0.381 e. The molecule has 0 heterocycles. The SMILES string of the molecule is CCCCCCCCCCCCCCCC(=O)C(O)(CN)CCC. The fourth-order valence-electron chi connectivity index (χ4n) is 3.30. The Morgan fingerprint density at radius 2 is 1.17 bits per heavy atom. The normalized spacial score (nSPS) is 13.8. The first-order valence-corrected chi connectivity index (χ1v) is 10.6. The number of hydrogen-bond donors (Lipinski definition) is 2. The smallest absolute Gasteiger partial charge is 0.165 e. The van der Waals surface area contributed by atoms with E-state index in [9.17, 15) is 9.90 Å². The fourth-order valence-corrected chi connectivity index (χ4v) is 3.30. The molecule has 0 radical (unpaired) electrons. The van der Waals surface area contributed by atoms with Crippen molar-refractivity contribution in [2.75, 3.05) is 6.54 Å². The minimum atomic E-state index is -1.27. The molecule has 0 aliphatic rings. The summed E-state index contributed by atoms with van der Waals surface area (Å²) in [6.07, 6.45) is 18.6. The van der Waals surface area contributed by atoms with E-state index < -0.39 is 5.60 Å². The van der Waals surface area contributed by atoms with Crippen molar-refractivity contribution >= 4 is 5.78 Å². The Hall–Kier alpha value is -0.410. The van der Waals surface area contributed by atoms with Crippen LogP contribution >= 0.6 is 0 Å². The fraction of sp³-hybridized carbons (Fsp3) is 0.952. The van der Waals surface area contributed by atoms with Crippen LogP contribution in [-0.2, 0) is 4.79 Å². The molecule has 0 aromatic carbocycles. The molecule has 0 amide bonds. The second kappa shape index (κ2) is 16.1. The second-order valence-corrected chi connectivity index (χ2v) is 7.40. The number of ketones is 1. The third-order valence-corrected chi connectivity index (χ3v) is 5.03. The number of unbranched alkanes of at least 4 members (excludes halogenated alkanes) is 12. The molecule has 24 heavy (non-hydrogen) atoms. The Balaban J connectivity index is 3.40. The van der Waals surface area contributed by atoms with Gasteiger partial charge in [0, 0.05) is 13.0 Å². The lowest BCUT2D eigenvalue weighted by molar-refractivity contribution is -0.137. The Labute approximate surface area is 150 Å². The van der Waals surface area contributed by atoms with Gasteiger partial charge in [-0.05, 0) is 12.8 Å². The van der Waals surface area contributed by atoms with Gasteiger partial charge in [0.2, 0.25) is 0 Å². The lowest BCUT2D eigenvalue weighted by atomic mass is 9.90. The van der Waals surface area contributed by atoms with Crippen molar-refractivity contribution in [3.8, 4) is 0 Å². The maximum atomic E-state index is 12.1. The lowest BCUT2D eigenvalue weighted by Gasteiger charge is -2.24. The highest BCUT2D eigenvalue weighted by Crippen LogP contribution is 2.18. The predicted molar refractivity (Wildman–Crippen MR) is 104 cm³/mol. The molecule has 0 rings (SSSR count). The molecule has 0 saturated heterocycles. The van der Waals surface area contributed by atoms with E-state index in [-0.39, 0.29) is 12.3 Å². The average Bonchev–Trinajstić information content (AvgIpc) is 2.58. The van der Waals surface area contributed by atoms with Gasteiger partial charge in [-0.25, -0.2) is 0 Å². The zero-order valence-electron chi connectivity index (χ0n) is 16.5. The van der Waals surface area contributed by atoms with Gasteiger partial charge in [-0.15, -0.1) is 0 Å². The van der Waals surface area contributed by atoms with Gasteiger partial charge in [0.1, 0.15) is 5.60 Å². The van der Waals surface area contributed by atoms with Crippen LogP contribution in [0.4, 0.5) is 0 Å². The Morgan fingerprint density at radius 1 is 0.750 bits per heavy atom. The van der Waals surface area contributed by atoms with E-state index in [1.165, 1.54) is 70.6 Å². The minimum absolute atomic E-state index is 0.0537. The van der Waals surface area contributed by atoms with Gasteiger partial charge in [0.25, 0.3) is 0 Å². The first-order chi connectivity index (χ1) is 11.6. The van der Waals surface area contributed by atoms with Crippen molar-refractivity contribution in [3.05, 3.63) is 0 Å². The van der Waals surface area contributed by atoms with Crippen molar-refractivity contribution in [2.45, 2.75) is 122 Å². The van der Waals surface area contributed by atoms with Crippen LogP contribution in [0.25, 0.3) is 0 Å². The van der Waals surface area contributed by atoms with Gasteiger partial charge < -0.3 is 10.8 Å². The first-order valence-electron chi connectivity index (χ1n) is 10.6. The van der Waals surface area contributed by atoms with Crippen molar-refractivity contribution in [2.24, 2.45) is 5.73 Å². The molecule has 1 unspecified atom stereocenters. The summed E-state index contributed by atoms with van der Waals surface area (Å²) in [6.45, 7) is 4.29. The molecule has 0 spiro atoms. The van der Waals surface area contributed by atoms with E-state index in [2.05, 4.69) is 6.92 Å². The van der Waals surface area contributed by atoms with Gasteiger partial charge in [-0.2, -0.15) is 0 Å². The van der Waals surface area contributed by atoms with Crippen LogP contribution in [0, 0.1) is 0 Å². The molecule has 0 bridgehead atoms. The Morgan fingerprint density at radius 3 is 1.54 bits per heavy atom. The zero-order chi connectivity index (χ0) is 18.1. The monoisotopic (exact) mass is 341 g/mol. The largest absolute Gasteiger partial charge is 0.381 e. The highest BCUT2D eigenvalue weighted by Gasteiger charge is 2.32. The van der Waals surface area contributed by atoms with Crippen LogP contribution < -0.4 is 5.73 Å². The van der Waals surface area contributed by atoms with Crippen LogP contribution in [0.1, 0.15) is 117 Å². The van der Waals surface area contributed by atoms with Crippen LogP contribution in [0.3, 0.4) is 0 Å². The molecule has 0 saturated carbocycles. The summed E-state index contributed by atoms with van der Waals surface area (Å²) >= 11 is 0. The van der Waals surface area contributed by atoms with E-state index >= 15 is 0 Å². The van der Waals surface area contributed by atoms with Crippen LogP contribution in [0.2, 0.25) is 0 Å². The van der Waals surface area contributed by atoms with Gasteiger partial charge >= 0.3 is 0 Å². The molecule has 0 aliphatic heterocycles. The highest BCUT2D eigenvalue weighted by atomic mass is 16.3. The van der Waals surface area contributed by atoms with Gasteiger partial charge in [-0.3, -0.25) is 4.79 Å². The quantitative estimate of drug-likeness (QED) is 0.322. The van der Waals surface area contributed by atoms with Gasteiger partial charge in [0.15, 0.2) is 5.78 Å². The number of hydrogen-bond acceptors (Lipinski definition) is 3. The molecule has 0 fully saturated rings. The molecule has 144 valence electrons. The van der Waals surface area contributed by atoms with E-state index in [1.807, 2.05) is 6.92 Å². The molecule has 3 heteroatoms. The summed E-state index contributed by atoms with van der Waals surface area (Å²) in [5.41, 5.74) is 4.29. The molecule has 0 aliphatic carbocycles. The number of rotatable bonds is 18. The van der Waals surface area contributed by atoms with E-state index in [1.54, 1.807) is 0 Å². The molecular formula is C21H43NO2. The van der Waals surface area contributed by atoms with Gasteiger partial charge in [0.05, 0.1) is 0 Å². The number of aliphatic hydroxyl groups is 1. The van der Waals surface area contributed by atoms with Crippen LogP contribution in [0.15, 0.2) is 0 Å². The average molecular weight is 342 g/mol. The van der Waals surface area contributed by atoms with Crippen molar-refractivity contribution in [3.63, 3.8) is 0 Å². The standard InChI is InChI=1S/C21H43NO2/c1-3-5-6-7-8-9-10-11-12-13-14-15-16-17-20(23)21(24,19-22)18-4-2/h24H,3-19,22H2,1-2H3. The summed E-state index contributed by atoms with van der Waals surface area (Å²) in [6, 6.07) is 0. The summed E-state index contributed by atoms with van der Waals surface area (Å²) in [4.78, 5) is 12.1. The summed E-state index contributed by atoms with van der Waals surface area (Å²) in [5, 5.41) is 10.2. The van der Waals surface area contributed by atoms with E-state index in [0.717, 1.165) is 19.3 Å². The van der Waals surface area contributed by atoms with Crippen molar-refractivity contribution in [1.82, 2.24) is 0 Å². The van der Waals surface area contributed by atoms with Crippen molar-refractivity contribution < 1.29 is 9.90 Å². The lowest BCUT2D eigenvalue weighted by Crippen LogP contribution is -2.45. The Bertz CT molecular complexity index is 294. The van der Waals surface area contributed by atoms with E-state index in [0.29, 0.717) is 12.8 Å². The molecule has 3 nitrogen and oxygen atoms in total. The third-order valence-electron chi connectivity index (χ3n) is 5.03. The molecular weight excluding hydrogens is 298 g/mol. The van der Waals surface area contributed by atoms with Gasteiger partial charge in [-0.1, -0.05) is 97.3 Å². The van der Waals surface area contributed by atoms with Crippen LogP contribution in [-0.4, -0.2) is 23.0 Å². The Kier molecular flexibility index (Phi) is 15.8. The molecule has 0 aromatic rings. The molecule has 3 N–H and O–H groups in total. The van der Waals surface area contributed by atoms with E-state index in [4.69, 9.17) is 5.73 Å². The zero-order valence-corrected chi connectivity index (χ0v) is 16.5. The predicted octanol–water partition coefficient (Wildman–Crippen LogP) is 5.53. The van der Waals surface area contributed by atoms with Crippen molar-refractivity contribution in [1.29, 1.82) is 0 Å². The summed E-state index contributed by atoms with van der Waals surface area (Å²) in [5.74, 6) is -0.0603. The third kappa shape index (κ3) is 12.0. The number of carbonyl (C=O) groups excluding carboxylic acids is 1. The summed E-state index contributed by atoms with van der Waals surface area (Å²) < 4.78 is 0. The maximum Gasteiger partial charge on any atom is 0.165 e. The number of nitrogens with two attached hydrogens (primary N) is 1. The first kappa shape index (κ1) is 23.6. The highest BCUT2D eigenvalue weighted by molar-refractivity contribution is 5.87. The molecule has 1 atom stereocenters. The second-order valence-electron chi connectivity index (χ2n) is 7.40.